The average Bonchev–Trinajstić information content (AvgIpc) is 2.76. The van der Waals surface area contributed by atoms with Crippen molar-refractivity contribution in [3.05, 3.63) is 60.2 Å². The summed E-state index contributed by atoms with van der Waals surface area (Å²) >= 11 is 0. The Balaban J connectivity index is 1.97. The molecule has 1 amide bonds. The summed E-state index contributed by atoms with van der Waals surface area (Å²) in [6, 6.07) is 11.4. The lowest BCUT2D eigenvalue weighted by Crippen LogP contribution is -2.16. The maximum absolute atomic E-state index is 13.2. The lowest BCUT2D eigenvalue weighted by Gasteiger charge is -2.05. The molecular weight excluding hydrogens is 257 g/mol. The minimum absolute atomic E-state index is 0.275. The molecule has 4 nitrogen and oxygen atoms in total. The highest BCUT2D eigenvalue weighted by atomic mass is 19.1. The second-order valence-electron chi connectivity index (χ2n) is 4.46. The molecule has 0 radical (unpaired) electrons. The minimum atomic E-state index is -0.320. The van der Waals surface area contributed by atoms with Gasteiger partial charge in [-0.3, -0.25) is 4.79 Å². The molecular formula is C15H12FN3O. The molecule has 2 aromatic heterocycles. The van der Waals surface area contributed by atoms with Crippen LogP contribution in [0.1, 0.15) is 10.5 Å². The van der Waals surface area contributed by atoms with Crippen molar-refractivity contribution in [2.45, 2.75) is 0 Å². The van der Waals surface area contributed by atoms with Crippen LogP contribution < -0.4 is 5.32 Å². The number of hydrogen-bond donors (Lipinski definition) is 1. The fourth-order valence-electron chi connectivity index (χ4n) is 2.16. The molecule has 3 aromatic rings. The van der Waals surface area contributed by atoms with Gasteiger partial charge in [-0.05, 0) is 36.4 Å². The Bertz CT molecular complexity index is 780. The molecule has 5 heteroatoms. The van der Waals surface area contributed by atoms with Crippen LogP contribution >= 0.6 is 0 Å². The molecule has 1 N–H and O–H groups in total. The lowest BCUT2D eigenvalue weighted by molar-refractivity contribution is 0.101. The summed E-state index contributed by atoms with van der Waals surface area (Å²) in [5, 5.41) is 3.40. The van der Waals surface area contributed by atoms with E-state index in [0.29, 0.717) is 16.9 Å². The van der Waals surface area contributed by atoms with E-state index in [4.69, 9.17) is 0 Å². The standard InChI is InChI=1S/C15H12FN3O/c1-19-12-6-5-11(16)8-10(12)9-13(19)15(20)18-14-4-2-3-7-17-14/h2-9H,1H3,(H,17,18,20). The van der Waals surface area contributed by atoms with E-state index in [1.807, 2.05) is 0 Å². The van der Waals surface area contributed by atoms with E-state index in [-0.39, 0.29) is 11.7 Å². The highest BCUT2D eigenvalue weighted by molar-refractivity contribution is 6.05. The largest absolute Gasteiger partial charge is 0.340 e. The summed E-state index contributed by atoms with van der Waals surface area (Å²) in [5.74, 6) is -0.114. The molecule has 0 saturated carbocycles. The first-order chi connectivity index (χ1) is 9.65. The number of pyridine rings is 1. The van der Waals surface area contributed by atoms with E-state index in [2.05, 4.69) is 10.3 Å². The number of nitrogens with zero attached hydrogens (tertiary/aromatic N) is 2. The van der Waals surface area contributed by atoms with Crippen LogP contribution in [0.2, 0.25) is 0 Å². The zero-order valence-corrected chi connectivity index (χ0v) is 10.8. The van der Waals surface area contributed by atoms with Crippen molar-refractivity contribution in [2.24, 2.45) is 7.05 Å². The van der Waals surface area contributed by atoms with Crippen LogP contribution in [-0.4, -0.2) is 15.5 Å². The summed E-state index contributed by atoms with van der Waals surface area (Å²) in [7, 11) is 1.77. The summed E-state index contributed by atoms with van der Waals surface area (Å²) < 4.78 is 14.9. The van der Waals surface area contributed by atoms with Crippen LogP contribution in [0.5, 0.6) is 0 Å². The summed E-state index contributed by atoms with van der Waals surface area (Å²) in [6.07, 6.45) is 1.60. The zero-order chi connectivity index (χ0) is 14.1. The SMILES string of the molecule is Cn1c(C(=O)Nc2ccccn2)cc2cc(F)ccc21. The number of halogens is 1. The molecule has 0 fully saturated rings. The van der Waals surface area contributed by atoms with E-state index in [1.54, 1.807) is 48.1 Å². The van der Waals surface area contributed by atoms with Crippen molar-refractivity contribution < 1.29 is 9.18 Å². The molecule has 100 valence electrons. The third-order valence-corrected chi connectivity index (χ3v) is 3.14. The van der Waals surface area contributed by atoms with Gasteiger partial charge in [-0.25, -0.2) is 9.37 Å². The van der Waals surface area contributed by atoms with E-state index < -0.39 is 0 Å². The van der Waals surface area contributed by atoms with Crippen LogP contribution in [0.25, 0.3) is 10.9 Å². The number of fused-ring (bicyclic) bond motifs is 1. The maximum Gasteiger partial charge on any atom is 0.273 e. The number of rotatable bonds is 2. The number of hydrogen-bond acceptors (Lipinski definition) is 2. The molecule has 0 saturated heterocycles. The monoisotopic (exact) mass is 269 g/mol. The molecule has 1 aromatic carbocycles. The topological polar surface area (TPSA) is 46.9 Å². The van der Waals surface area contributed by atoms with Crippen LogP contribution in [0.4, 0.5) is 10.2 Å². The molecule has 0 unspecified atom stereocenters. The van der Waals surface area contributed by atoms with Gasteiger partial charge in [0.1, 0.15) is 17.3 Å². The summed E-state index contributed by atoms with van der Waals surface area (Å²) in [4.78, 5) is 16.3. The predicted octanol–water partition coefficient (Wildman–Crippen LogP) is 2.96. The van der Waals surface area contributed by atoms with Crippen LogP contribution in [0, 0.1) is 5.82 Å². The highest BCUT2D eigenvalue weighted by Crippen LogP contribution is 2.20. The first-order valence-electron chi connectivity index (χ1n) is 6.12. The van der Waals surface area contributed by atoms with Crippen molar-refractivity contribution in [1.82, 2.24) is 9.55 Å². The molecule has 0 aliphatic heterocycles. The van der Waals surface area contributed by atoms with Crippen molar-refractivity contribution in [3.8, 4) is 0 Å². The number of aromatic nitrogens is 2. The molecule has 2 heterocycles. The van der Waals surface area contributed by atoms with Crippen molar-refractivity contribution >= 4 is 22.6 Å². The van der Waals surface area contributed by atoms with Gasteiger partial charge < -0.3 is 9.88 Å². The van der Waals surface area contributed by atoms with Crippen LogP contribution in [0.15, 0.2) is 48.7 Å². The van der Waals surface area contributed by atoms with Crippen molar-refractivity contribution in [2.75, 3.05) is 5.32 Å². The predicted molar refractivity (Wildman–Crippen MR) is 75.1 cm³/mol. The van der Waals surface area contributed by atoms with E-state index in [9.17, 15) is 9.18 Å². The van der Waals surface area contributed by atoms with Gasteiger partial charge in [-0.1, -0.05) is 6.07 Å². The van der Waals surface area contributed by atoms with Gasteiger partial charge in [0.05, 0.1) is 0 Å². The fourth-order valence-corrected chi connectivity index (χ4v) is 2.16. The first-order valence-corrected chi connectivity index (χ1v) is 6.12. The van der Waals surface area contributed by atoms with Crippen LogP contribution in [-0.2, 0) is 7.05 Å². The Kier molecular flexibility index (Phi) is 2.95. The smallest absolute Gasteiger partial charge is 0.273 e. The fraction of sp³-hybridized carbons (Fsp3) is 0.0667. The third kappa shape index (κ3) is 2.14. The second kappa shape index (κ2) is 4.77. The van der Waals surface area contributed by atoms with Gasteiger partial charge >= 0.3 is 0 Å². The number of carbonyl (C=O) groups excluding carboxylic acids is 1. The number of nitrogens with one attached hydrogen (secondary N) is 1. The number of amides is 1. The van der Waals surface area contributed by atoms with Gasteiger partial charge in [0, 0.05) is 24.1 Å². The minimum Gasteiger partial charge on any atom is -0.340 e. The Hall–Kier alpha value is -2.69. The lowest BCUT2D eigenvalue weighted by atomic mass is 10.2. The second-order valence-corrected chi connectivity index (χ2v) is 4.46. The van der Waals surface area contributed by atoms with E-state index >= 15 is 0 Å². The Morgan fingerprint density at radius 2 is 2.10 bits per heavy atom. The molecule has 0 spiro atoms. The van der Waals surface area contributed by atoms with Gasteiger partial charge in [0.15, 0.2) is 0 Å². The maximum atomic E-state index is 13.2. The number of benzene rings is 1. The van der Waals surface area contributed by atoms with E-state index in [1.165, 1.54) is 12.1 Å². The van der Waals surface area contributed by atoms with Crippen LogP contribution in [0.3, 0.4) is 0 Å². The summed E-state index contributed by atoms with van der Waals surface area (Å²) in [6.45, 7) is 0. The average molecular weight is 269 g/mol. The Labute approximate surface area is 114 Å². The number of aryl methyl sites for hydroxylation is 1. The zero-order valence-electron chi connectivity index (χ0n) is 10.8. The van der Waals surface area contributed by atoms with Crippen molar-refractivity contribution in [1.29, 1.82) is 0 Å². The number of carbonyl (C=O) groups is 1. The highest BCUT2D eigenvalue weighted by Gasteiger charge is 2.14. The quantitative estimate of drug-likeness (QED) is 0.777. The third-order valence-electron chi connectivity index (χ3n) is 3.14. The van der Waals surface area contributed by atoms with Gasteiger partial charge in [0.25, 0.3) is 5.91 Å². The van der Waals surface area contributed by atoms with Gasteiger partial charge in [-0.2, -0.15) is 0 Å². The Morgan fingerprint density at radius 3 is 2.85 bits per heavy atom. The molecule has 0 atom stereocenters. The first kappa shape index (κ1) is 12.3. The number of anilines is 1. The molecule has 20 heavy (non-hydrogen) atoms. The summed E-state index contributed by atoms with van der Waals surface area (Å²) in [5.41, 5.74) is 1.26. The van der Waals surface area contributed by atoms with Gasteiger partial charge in [0.2, 0.25) is 0 Å². The van der Waals surface area contributed by atoms with E-state index in [0.717, 1.165) is 5.52 Å². The van der Waals surface area contributed by atoms with Gasteiger partial charge in [-0.15, -0.1) is 0 Å². The molecule has 0 aliphatic rings. The molecule has 0 aliphatic carbocycles. The molecule has 3 rings (SSSR count). The van der Waals surface area contributed by atoms with Crippen molar-refractivity contribution in [3.63, 3.8) is 0 Å². The Morgan fingerprint density at radius 1 is 1.25 bits per heavy atom. The normalized spacial score (nSPS) is 10.7. The molecule has 0 bridgehead atoms.